The first-order valence-corrected chi connectivity index (χ1v) is 18.0. The van der Waals surface area contributed by atoms with E-state index in [0.29, 0.717) is 12.8 Å². The van der Waals surface area contributed by atoms with E-state index in [1.807, 2.05) is 19.1 Å². The third kappa shape index (κ3) is 27.1. The van der Waals surface area contributed by atoms with Gasteiger partial charge in [-0.05, 0) is 64.7 Å². The molecule has 7 nitrogen and oxygen atoms in total. The summed E-state index contributed by atoms with van der Waals surface area (Å²) in [6, 6.07) is -1.25. The van der Waals surface area contributed by atoms with Gasteiger partial charge in [0.2, 0.25) is 5.91 Å². The van der Waals surface area contributed by atoms with Crippen molar-refractivity contribution in [2.75, 3.05) is 5.75 Å². The fourth-order valence-corrected chi connectivity index (χ4v) is 5.34. The van der Waals surface area contributed by atoms with Crippen LogP contribution in [0.3, 0.4) is 0 Å². The number of rotatable bonds is 28. The van der Waals surface area contributed by atoms with Gasteiger partial charge in [0.15, 0.2) is 0 Å². The Bertz CT molecular complexity index is 865. The van der Waals surface area contributed by atoms with Crippen LogP contribution in [0.25, 0.3) is 0 Å². The SMILES string of the molecule is C/C=C/CC/C=C/CC/C=C/C(O)C(CS(=O)(=O)O)NC(=O)C(O)CCCCCCCC/C=C\CCCCCCCC. The highest BCUT2D eigenvalue weighted by molar-refractivity contribution is 7.85. The van der Waals surface area contributed by atoms with Crippen molar-refractivity contribution in [3.63, 3.8) is 0 Å². The van der Waals surface area contributed by atoms with Crippen molar-refractivity contribution in [1.29, 1.82) is 0 Å². The molecule has 244 valence electrons. The molecule has 0 aliphatic rings. The maximum absolute atomic E-state index is 12.5. The first-order valence-electron chi connectivity index (χ1n) is 16.4. The Labute approximate surface area is 257 Å². The summed E-state index contributed by atoms with van der Waals surface area (Å²) in [7, 11) is -4.45. The molecule has 0 heterocycles. The van der Waals surface area contributed by atoms with E-state index in [1.165, 1.54) is 63.9 Å². The molecule has 0 aromatic carbocycles. The maximum Gasteiger partial charge on any atom is 0.267 e. The third-order valence-electron chi connectivity index (χ3n) is 7.16. The van der Waals surface area contributed by atoms with Crippen LogP contribution in [-0.4, -0.2) is 53.1 Å². The number of hydrogen-bond acceptors (Lipinski definition) is 5. The van der Waals surface area contributed by atoms with Gasteiger partial charge in [0.1, 0.15) is 6.10 Å². The van der Waals surface area contributed by atoms with Gasteiger partial charge < -0.3 is 15.5 Å². The van der Waals surface area contributed by atoms with Gasteiger partial charge in [-0.2, -0.15) is 8.42 Å². The molecule has 0 aliphatic carbocycles. The summed E-state index contributed by atoms with van der Waals surface area (Å²) in [5.74, 6) is -1.58. The zero-order valence-corrected chi connectivity index (χ0v) is 27.3. The lowest BCUT2D eigenvalue weighted by Crippen LogP contribution is -2.50. The largest absolute Gasteiger partial charge is 0.387 e. The highest BCUT2D eigenvalue weighted by Crippen LogP contribution is 2.12. The molecule has 0 fully saturated rings. The number of allylic oxidation sites excluding steroid dienone is 7. The second kappa shape index (κ2) is 28.1. The summed E-state index contributed by atoms with van der Waals surface area (Å²) in [6.07, 6.45) is 33.4. The van der Waals surface area contributed by atoms with E-state index in [1.54, 1.807) is 6.08 Å². The van der Waals surface area contributed by atoms with E-state index in [0.717, 1.165) is 44.9 Å². The van der Waals surface area contributed by atoms with Crippen molar-refractivity contribution in [3.05, 3.63) is 48.6 Å². The highest BCUT2D eigenvalue weighted by atomic mass is 32.2. The van der Waals surface area contributed by atoms with Crippen molar-refractivity contribution < 1.29 is 28.0 Å². The molecule has 0 saturated heterocycles. The zero-order valence-electron chi connectivity index (χ0n) is 26.5. The number of unbranched alkanes of at least 4 members (excludes halogenated alkanes) is 14. The minimum Gasteiger partial charge on any atom is -0.387 e. The fraction of sp³-hybridized carbons (Fsp3) is 0.735. The van der Waals surface area contributed by atoms with Crippen LogP contribution in [0.15, 0.2) is 48.6 Å². The molecular weight excluding hydrogens is 550 g/mol. The van der Waals surface area contributed by atoms with Crippen molar-refractivity contribution in [1.82, 2.24) is 5.32 Å². The monoisotopic (exact) mass is 611 g/mol. The van der Waals surface area contributed by atoms with E-state index < -0.39 is 40.0 Å². The van der Waals surface area contributed by atoms with Gasteiger partial charge in [0.05, 0.1) is 17.9 Å². The van der Waals surface area contributed by atoms with Gasteiger partial charge in [-0.15, -0.1) is 0 Å². The summed E-state index contributed by atoms with van der Waals surface area (Å²) < 4.78 is 32.2. The van der Waals surface area contributed by atoms with Crippen LogP contribution < -0.4 is 5.32 Å². The molecule has 3 unspecified atom stereocenters. The second-order valence-corrected chi connectivity index (χ2v) is 12.7. The van der Waals surface area contributed by atoms with Gasteiger partial charge in [-0.1, -0.05) is 120 Å². The number of amides is 1. The van der Waals surface area contributed by atoms with E-state index in [4.69, 9.17) is 0 Å². The van der Waals surface area contributed by atoms with Gasteiger partial charge in [-0.25, -0.2) is 0 Å². The molecule has 1 amide bonds. The maximum atomic E-state index is 12.5. The molecular formula is C34H61NO6S. The Morgan fingerprint density at radius 3 is 1.71 bits per heavy atom. The molecule has 0 bridgehead atoms. The van der Waals surface area contributed by atoms with Gasteiger partial charge in [-0.3, -0.25) is 9.35 Å². The van der Waals surface area contributed by atoms with Crippen molar-refractivity contribution in [2.45, 2.75) is 154 Å². The second-order valence-electron chi connectivity index (χ2n) is 11.2. The predicted octanol–water partition coefficient (Wildman–Crippen LogP) is 7.76. The molecule has 0 spiro atoms. The topological polar surface area (TPSA) is 124 Å². The first kappa shape index (κ1) is 40.3. The summed E-state index contributed by atoms with van der Waals surface area (Å²) in [6.45, 7) is 4.23. The zero-order chi connectivity index (χ0) is 31.3. The molecule has 42 heavy (non-hydrogen) atoms. The van der Waals surface area contributed by atoms with E-state index in [-0.39, 0.29) is 6.42 Å². The number of aliphatic hydroxyl groups is 2. The Balaban J connectivity index is 4.17. The molecule has 0 aliphatic heterocycles. The Morgan fingerprint density at radius 2 is 1.17 bits per heavy atom. The summed E-state index contributed by atoms with van der Waals surface area (Å²) >= 11 is 0. The highest BCUT2D eigenvalue weighted by Gasteiger charge is 2.27. The molecule has 0 saturated carbocycles. The van der Waals surface area contributed by atoms with E-state index >= 15 is 0 Å². The van der Waals surface area contributed by atoms with Crippen LogP contribution in [0.2, 0.25) is 0 Å². The Morgan fingerprint density at radius 1 is 0.690 bits per heavy atom. The molecule has 3 atom stereocenters. The lowest BCUT2D eigenvalue weighted by atomic mass is 10.0. The molecule has 0 radical (unpaired) electrons. The fourth-order valence-electron chi connectivity index (χ4n) is 4.60. The van der Waals surface area contributed by atoms with Gasteiger partial charge in [0, 0.05) is 0 Å². The van der Waals surface area contributed by atoms with E-state index in [9.17, 15) is 28.0 Å². The minimum absolute atomic E-state index is 0.262. The van der Waals surface area contributed by atoms with Crippen LogP contribution in [-0.2, 0) is 14.9 Å². The number of carbonyl (C=O) groups is 1. The predicted molar refractivity (Wildman–Crippen MR) is 176 cm³/mol. The first-order chi connectivity index (χ1) is 20.2. The molecule has 4 N–H and O–H groups in total. The summed E-state index contributed by atoms with van der Waals surface area (Å²) in [5.41, 5.74) is 0. The van der Waals surface area contributed by atoms with Crippen LogP contribution >= 0.6 is 0 Å². The average molecular weight is 612 g/mol. The molecule has 0 rings (SSSR count). The van der Waals surface area contributed by atoms with Gasteiger partial charge in [0.25, 0.3) is 10.1 Å². The van der Waals surface area contributed by atoms with Crippen LogP contribution in [0.1, 0.15) is 136 Å². The number of nitrogens with one attached hydrogen (secondary N) is 1. The lowest BCUT2D eigenvalue weighted by molar-refractivity contribution is -0.130. The number of carbonyl (C=O) groups excluding carboxylic acids is 1. The Kier molecular flexibility index (Phi) is 26.9. The van der Waals surface area contributed by atoms with Crippen molar-refractivity contribution in [3.8, 4) is 0 Å². The summed E-state index contributed by atoms with van der Waals surface area (Å²) in [4.78, 5) is 12.5. The molecule has 0 aromatic heterocycles. The summed E-state index contributed by atoms with van der Waals surface area (Å²) in [5, 5.41) is 23.1. The van der Waals surface area contributed by atoms with Crippen LogP contribution in [0.5, 0.6) is 0 Å². The molecule has 8 heteroatoms. The Hall–Kier alpha value is -1.74. The lowest BCUT2D eigenvalue weighted by Gasteiger charge is -2.22. The average Bonchev–Trinajstić information content (AvgIpc) is 2.94. The number of aliphatic hydroxyl groups excluding tert-OH is 2. The van der Waals surface area contributed by atoms with Crippen LogP contribution in [0, 0.1) is 0 Å². The van der Waals surface area contributed by atoms with E-state index in [2.05, 4.69) is 36.5 Å². The van der Waals surface area contributed by atoms with Crippen molar-refractivity contribution in [2.24, 2.45) is 0 Å². The standard InChI is InChI=1S/C34H61NO6S/c1-3-5-7-9-11-13-14-15-16-17-18-19-21-23-25-27-29-33(37)34(38)35-31(30-42(39,40)41)32(36)28-26-24-22-20-12-10-8-6-4-2/h4,6,12,15-16,20,26,28,31-33,36-37H,3,5,7-11,13-14,17-19,21-25,27,29-30H2,1-2H3,(H,35,38)(H,39,40,41)/b6-4+,16-15-,20-12+,28-26+. The molecule has 0 aromatic rings. The normalized spacial score (nSPS) is 14.9. The minimum atomic E-state index is -4.45. The van der Waals surface area contributed by atoms with Crippen LogP contribution in [0.4, 0.5) is 0 Å². The number of hydrogen-bond donors (Lipinski definition) is 4. The smallest absolute Gasteiger partial charge is 0.267 e. The van der Waals surface area contributed by atoms with Crippen molar-refractivity contribution >= 4 is 16.0 Å². The van der Waals surface area contributed by atoms with Gasteiger partial charge >= 0.3 is 0 Å². The third-order valence-corrected chi connectivity index (χ3v) is 7.94. The quantitative estimate of drug-likeness (QED) is 0.0407.